The molecule has 0 amide bonds. The molecule has 1 aliphatic rings. The van der Waals surface area contributed by atoms with Crippen molar-refractivity contribution in [3.63, 3.8) is 0 Å². The van der Waals surface area contributed by atoms with Crippen molar-refractivity contribution in [3.05, 3.63) is 216 Å². The van der Waals surface area contributed by atoms with E-state index in [0.717, 1.165) is 55.7 Å². The Kier molecular flexibility index (Phi) is 8.09. The first kappa shape index (κ1) is 34.6. The molecule has 280 valence electrons. The van der Waals surface area contributed by atoms with Gasteiger partial charge in [-0.25, -0.2) is 15.0 Å². The predicted molar refractivity (Wildman–Crippen MR) is 240 cm³/mol. The lowest BCUT2D eigenvalue weighted by Crippen LogP contribution is -2.22. The lowest BCUT2D eigenvalue weighted by atomic mass is 9.74. The Balaban J connectivity index is 1.12. The van der Waals surface area contributed by atoms with Gasteiger partial charge < -0.3 is 9.32 Å². The van der Waals surface area contributed by atoms with E-state index in [-0.39, 0.29) is 5.41 Å². The van der Waals surface area contributed by atoms with Gasteiger partial charge in [0, 0.05) is 49.8 Å². The second kappa shape index (κ2) is 13.8. The smallest absolute Gasteiger partial charge is 0.164 e. The lowest BCUT2D eigenvalue weighted by molar-refractivity contribution is 0.669. The first-order valence-corrected chi connectivity index (χ1v) is 20.0. The molecule has 0 aliphatic heterocycles. The third-order valence-electron chi connectivity index (χ3n) is 11.9. The molecular formula is C54H38N4O. The lowest BCUT2D eigenvalue weighted by Gasteiger charge is -2.30. The Morgan fingerprint density at radius 2 is 1.08 bits per heavy atom. The molecular weight excluding hydrogens is 721 g/mol. The zero-order valence-electron chi connectivity index (χ0n) is 32.7. The van der Waals surface area contributed by atoms with Crippen LogP contribution in [0.25, 0.3) is 67.2 Å². The highest BCUT2D eigenvalue weighted by Crippen LogP contribution is 2.56. The van der Waals surface area contributed by atoms with Gasteiger partial charge in [0.25, 0.3) is 0 Å². The third-order valence-corrected chi connectivity index (χ3v) is 11.9. The Bertz CT molecular complexity index is 3190. The Morgan fingerprint density at radius 1 is 0.475 bits per heavy atom. The zero-order chi connectivity index (χ0) is 39.5. The van der Waals surface area contributed by atoms with Crippen molar-refractivity contribution in [2.45, 2.75) is 19.3 Å². The van der Waals surface area contributed by atoms with Gasteiger partial charge in [0.05, 0.1) is 5.69 Å². The van der Waals surface area contributed by atoms with Gasteiger partial charge in [-0.1, -0.05) is 157 Å². The molecule has 5 heteroatoms. The zero-order valence-corrected chi connectivity index (χ0v) is 32.7. The summed E-state index contributed by atoms with van der Waals surface area (Å²) in [5.74, 6) is 1.78. The standard InChI is InChI=1S/C54H38N4O/c1-35-30-32-39(33-31-35)58(46-27-15-26-45-50(46)41-22-9-11-25-44(41)54(45,2)38-19-7-4-8-20-38)40-21-13-18-37(34-40)52-55-51(36-16-5-3-6-17-36)56-53(57-52)43-24-14-29-48-49(43)42-23-10-12-28-47(42)59-48/h3-34H,1-2H3. The Labute approximate surface area is 342 Å². The van der Waals surface area contributed by atoms with Gasteiger partial charge in [-0.3, -0.25) is 0 Å². The van der Waals surface area contributed by atoms with Gasteiger partial charge >= 0.3 is 0 Å². The fourth-order valence-electron chi connectivity index (χ4n) is 9.00. The summed E-state index contributed by atoms with van der Waals surface area (Å²) in [5.41, 5.74) is 14.7. The molecule has 8 aromatic carbocycles. The largest absolute Gasteiger partial charge is 0.456 e. The number of para-hydroxylation sites is 1. The average molecular weight is 759 g/mol. The van der Waals surface area contributed by atoms with Crippen LogP contribution in [0.15, 0.2) is 199 Å². The van der Waals surface area contributed by atoms with E-state index < -0.39 is 0 Å². The number of aromatic nitrogens is 3. The molecule has 5 nitrogen and oxygen atoms in total. The Morgan fingerprint density at radius 3 is 1.92 bits per heavy atom. The van der Waals surface area contributed by atoms with Crippen LogP contribution < -0.4 is 4.90 Å². The van der Waals surface area contributed by atoms with Crippen molar-refractivity contribution in [2.75, 3.05) is 4.90 Å². The number of hydrogen-bond acceptors (Lipinski definition) is 5. The van der Waals surface area contributed by atoms with Gasteiger partial charge in [0.2, 0.25) is 0 Å². The molecule has 2 aromatic heterocycles. The van der Waals surface area contributed by atoms with E-state index in [4.69, 9.17) is 19.4 Å². The molecule has 0 saturated carbocycles. The number of benzene rings is 8. The molecule has 1 atom stereocenters. The third kappa shape index (κ3) is 5.65. The van der Waals surface area contributed by atoms with Crippen LogP contribution in [0.1, 0.15) is 29.2 Å². The summed E-state index contributed by atoms with van der Waals surface area (Å²) in [5, 5.41) is 2.01. The number of rotatable bonds is 7. The van der Waals surface area contributed by atoms with Gasteiger partial charge in [-0.15, -0.1) is 0 Å². The number of nitrogens with zero attached hydrogens (tertiary/aromatic N) is 4. The van der Waals surface area contributed by atoms with Crippen LogP contribution in [0, 0.1) is 6.92 Å². The van der Waals surface area contributed by atoms with E-state index in [9.17, 15) is 0 Å². The van der Waals surface area contributed by atoms with E-state index in [1.54, 1.807) is 0 Å². The topological polar surface area (TPSA) is 55.1 Å². The van der Waals surface area contributed by atoms with Crippen molar-refractivity contribution in [3.8, 4) is 45.3 Å². The fraction of sp³-hybridized carbons (Fsp3) is 0.0556. The minimum atomic E-state index is -0.331. The summed E-state index contributed by atoms with van der Waals surface area (Å²) in [4.78, 5) is 17.9. The second-order valence-corrected chi connectivity index (χ2v) is 15.4. The number of aryl methyl sites for hydroxylation is 1. The quantitative estimate of drug-likeness (QED) is 0.162. The highest BCUT2D eigenvalue weighted by molar-refractivity contribution is 6.11. The molecule has 59 heavy (non-hydrogen) atoms. The maximum atomic E-state index is 6.29. The van der Waals surface area contributed by atoms with Crippen LogP contribution >= 0.6 is 0 Å². The van der Waals surface area contributed by atoms with Gasteiger partial charge in [-0.2, -0.15) is 0 Å². The number of furan rings is 1. The van der Waals surface area contributed by atoms with Crippen LogP contribution in [0.5, 0.6) is 0 Å². The number of anilines is 3. The van der Waals surface area contributed by atoms with Crippen LogP contribution in [-0.2, 0) is 5.41 Å². The predicted octanol–water partition coefficient (Wildman–Crippen LogP) is 13.9. The van der Waals surface area contributed by atoms with E-state index in [1.807, 2.05) is 60.7 Å². The minimum Gasteiger partial charge on any atom is -0.456 e. The fourth-order valence-corrected chi connectivity index (χ4v) is 9.00. The van der Waals surface area contributed by atoms with Crippen molar-refractivity contribution < 1.29 is 4.42 Å². The summed E-state index contributed by atoms with van der Waals surface area (Å²) >= 11 is 0. The van der Waals surface area contributed by atoms with Crippen LogP contribution in [0.3, 0.4) is 0 Å². The molecule has 0 spiro atoms. The highest BCUT2D eigenvalue weighted by atomic mass is 16.3. The molecule has 11 rings (SSSR count). The monoisotopic (exact) mass is 758 g/mol. The molecule has 0 fully saturated rings. The highest BCUT2D eigenvalue weighted by Gasteiger charge is 2.42. The number of hydrogen-bond donors (Lipinski definition) is 0. The summed E-state index contributed by atoms with van der Waals surface area (Å²) in [6.45, 7) is 4.50. The SMILES string of the molecule is Cc1ccc(N(c2cccc(-c3nc(-c4ccccc4)nc(-c4cccc5oc6ccccc6c45)n3)c2)c2cccc3c2-c2ccccc2C3(C)c2ccccc2)cc1. The van der Waals surface area contributed by atoms with Crippen LogP contribution in [0.2, 0.25) is 0 Å². The molecule has 0 bridgehead atoms. The molecule has 1 unspecified atom stereocenters. The summed E-state index contributed by atoms with van der Waals surface area (Å²) < 4.78 is 6.29. The van der Waals surface area contributed by atoms with Crippen LogP contribution in [0.4, 0.5) is 17.1 Å². The maximum Gasteiger partial charge on any atom is 0.164 e. The summed E-state index contributed by atoms with van der Waals surface area (Å²) in [6, 6.07) is 68.2. The first-order chi connectivity index (χ1) is 29.0. The normalized spacial score (nSPS) is 14.3. The second-order valence-electron chi connectivity index (χ2n) is 15.4. The van der Waals surface area contributed by atoms with E-state index in [1.165, 1.54) is 33.4 Å². The molecule has 0 saturated heterocycles. The van der Waals surface area contributed by atoms with E-state index in [2.05, 4.69) is 152 Å². The van der Waals surface area contributed by atoms with Crippen molar-refractivity contribution in [2.24, 2.45) is 0 Å². The first-order valence-electron chi connectivity index (χ1n) is 20.0. The Hall–Kier alpha value is -7.63. The molecule has 2 heterocycles. The van der Waals surface area contributed by atoms with Crippen LogP contribution in [-0.4, -0.2) is 15.0 Å². The van der Waals surface area contributed by atoms with Gasteiger partial charge in [0.15, 0.2) is 17.5 Å². The molecule has 0 radical (unpaired) electrons. The molecule has 10 aromatic rings. The van der Waals surface area contributed by atoms with E-state index >= 15 is 0 Å². The summed E-state index contributed by atoms with van der Waals surface area (Å²) in [7, 11) is 0. The minimum absolute atomic E-state index is 0.331. The van der Waals surface area contributed by atoms with Crippen molar-refractivity contribution in [1.82, 2.24) is 15.0 Å². The molecule has 0 N–H and O–H groups in total. The van der Waals surface area contributed by atoms with E-state index in [0.29, 0.717) is 17.5 Å². The van der Waals surface area contributed by atoms with Gasteiger partial charge in [0.1, 0.15) is 11.2 Å². The van der Waals surface area contributed by atoms with Gasteiger partial charge in [-0.05, 0) is 78.6 Å². The average Bonchev–Trinajstić information content (AvgIpc) is 3.81. The summed E-state index contributed by atoms with van der Waals surface area (Å²) in [6.07, 6.45) is 0. The molecule has 1 aliphatic carbocycles. The number of fused-ring (bicyclic) bond motifs is 6. The van der Waals surface area contributed by atoms with Crippen molar-refractivity contribution in [1.29, 1.82) is 0 Å². The van der Waals surface area contributed by atoms with Crippen molar-refractivity contribution >= 4 is 39.0 Å². The maximum absolute atomic E-state index is 6.29.